The van der Waals surface area contributed by atoms with Crippen LogP contribution in [0.3, 0.4) is 0 Å². The summed E-state index contributed by atoms with van der Waals surface area (Å²) in [5.41, 5.74) is 7.18. The second-order valence-corrected chi connectivity index (χ2v) is 3.89. The van der Waals surface area contributed by atoms with Crippen LogP contribution >= 0.6 is 0 Å². The van der Waals surface area contributed by atoms with Crippen molar-refractivity contribution in [1.29, 1.82) is 0 Å². The van der Waals surface area contributed by atoms with Gasteiger partial charge in [-0.05, 0) is 26.0 Å². The van der Waals surface area contributed by atoms with Crippen molar-refractivity contribution in [3.05, 3.63) is 29.8 Å². The molecule has 17 heavy (non-hydrogen) atoms. The second kappa shape index (κ2) is 4.60. The molecule has 6 nitrogen and oxygen atoms in total. The van der Waals surface area contributed by atoms with Crippen LogP contribution in [0.25, 0.3) is 11.5 Å². The lowest BCUT2D eigenvalue weighted by Gasteiger charge is -2.08. The fourth-order valence-corrected chi connectivity index (χ4v) is 1.35. The third-order valence-corrected chi connectivity index (χ3v) is 2.36. The first-order valence-electron chi connectivity index (χ1n) is 5.29. The first-order chi connectivity index (χ1) is 8.08. The highest BCUT2D eigenvalue weighted by atomic mass is 16.5. The average molecular weight is 234 g/mol. The van der Waals surface area contributed by atoms with Gasteiger partial charge in [0.05, 0.1) is 6.10 Å². The van der Waals surface area contributed by atoms with Gasteiger partial charge >= 0.3 is 0 Å². The third-order valence-electron chi connectivity index (χ3n) is 2.36. The molecule has 0 radical (unpaired) electrons. The van der Waals surface area contributed by atoms with Gasteiger partial charge in [0.15, 0.2) is 0 Å². The van der Waals surface area contributed by atoms with Crippen molar-refractivity contribution in [2.45, 2.75) is 26.0 Å². The lowest BCUT2D eigenvalue weighted by Crippen LogP contribution is -2.23. The number of hydrogen-bond donors (Lipinski definition) is 2. The van der Waals surface area contributed by atoms with Crippen LogP contribution in [0.1, 0.15) is 24.6 Å². The Morgan fingerprint density at radius 3 is 2.76 bits per heavy atom. The largest absolute Gasteiger partial charge is 0.391 e. The lowest BCUT2D eigenvalue weighted by molar-refractivity contribution is 0.146. The van der Waals surface area contributed by atoms with Crippen LogP contribution in [-0.2, 0) is 0 Å². The summed E-state index contributed by atoms with van der Waals surface area (Å²) < 4.78 is 5.00. The molecular formula is C11H14N4O2. The first-order valence-corrected chi connectivity index (χ1v) is 5.29. The van der Waals surface area contributed by atoms with E-state index in [-0.39, 0.29) is 5.89 Å². The van der Waals surface area contributed by atoms with Crippen LogP contribution < -0.4 is 5.73 Å². The summed E-state index contributed by atoms with van der Waals surface area (Å²) in [5.74, 6) is 0.582. The summed E-state index contributed by atoms with van der Waals surface area (Å²) in [7, 11) is 0. The lowest BCUT2D eigenvalue weighted by atomic mass is 10.2. The average Bonchev–Trinajstić information content (AvgIpc) is 2.77. The molecule has 2 aromatic rings. The van der Waals surface area contributed by atoms with Gasteiger partial charge in [-0.25, -0.2) is 4.98 Å². The minimum atomic E-state index is -0.742. The van der Waals surface area contributed by atoms with Gasteiger partial charge in [-0.15, -0.1) is 0 Å². The summed E-state index contributed by atoms with van der Waals surface area (Å²) in [6.07, 6.45) is -0.742. The maximum atomic E-state index is 9.33. The van der Waals surface area contributed by atoms with Crippen LogP contribution in [0.2, 0.25) is 0 Å². The normalized spacial score (nSPS) is 14.6. The molecule has 6 heteroatoms. The summed E-state index contributed by atoms with van der Waals surface area (Å²) in [6.45, 7) is 3.45. The Morgan fingerprint density at radius 1 is 1.35 bits per heavy atom. The van der Waals surface area contributed by atoms with Gasteiger partial charge in [0, 0.05) is 5.69 Å². The molecular weight excluding hydrogens is 220 g/mol. The van der Waals surface area contributed by atoms with Crippen molar-refractivity contribution in [2.75, 3.05) is 0 Å². The van der Waals surface area contributed by atoms with E-state index in [1.807, 2.05) is 19.1 Å². The molecule has 0 aliphatic carbocycles. The van der Waals surface area contributed by atoms with Gasteiger partial charge in [-0.3, -0.25) is 0 Å². The van der Waals surface area contributed by atoms with E-state index in [1.54, 1.807) is 13.0 Å². The van der Waals surface area contributed by atoms with Gasteiger partial charge in [-0.2, -0.15) is 4.98 Å². The predicted octanol–water partition coefficient (Wildman–Crippen LogP) is 0.821. The number of nitrogens with two attached hydrogens (primary N) is 1. The van der Waals surface area contributed by atoms with Gasteiger partial charge in [0.2, 0.25) is 11.7 Å². The van der Waals surface area contributed by atoms with Crippen molar-refractivity contribution >= 4 is 0 Å². The zero-order valence-corrected chi connectivity index (χ0v) is 9.66. The molecule has 90 valence electrons. The van der Waals surface area contributed by atoms with Gasteiger partial charge in [0.25, 0.3) is 0 Å². The monoisotopic (exact) mass is 234 g/mol. The van der Waals surface area contributed by atoms with E-state index in [1.165, 1.54) is 0 Å². The summed E-state index contributed by atoms with van der Waals surface area (Å²) in [4.78, 5) is 8.39. The van der Waals surface area contributed by atoms with Crippen LogP contribution in [0.15, 0.2) is 22.7 Å². The highest BCUT2D eigenvalue weighted by molar-refractivity contribution is 5.48. The second-order valence-electron chi connectivity index (χ2n) is 3.89. The molecule has 0 bridgehead atoms. The molecule has 0 aliphatic heterocycles. The number of aromatic nitrogens is 3. The molecule has 0 saturated heterocycles. The number of hydrogen-bond acceptors (Lipinski definition) is 6. The third kappa shape index (κ3) is 2.48. The summed E-state index contributed by atoms with van der Waals surface area (Å²) in [5, 5.41) is 13.1. The molecule has 0 amide bonds. The van der Waals surface area contributed by atoms with Crippen LogP contribution in [-0.4, -0.2) is 26.3 Å². The van der Waals surface area contributed by atoms with Crippen molar-refractivity contribution < 1.29 is 9.63 Å². The highest BCUT2D eigenvalue weighted by Crippen LogP contribution is 2.17. The Labute approximate surface area is 98.5 Å². The molecule has 0 saturated carbocycles. The molecule has 3 N–H and O–H groups in total. The van der Waals surface area contributed by atoms with Crippen LogP contribution in [0.5, 0.6) is 0 Å². The molecule has 0 unspecified atom stereocenters. The van der Waals surface area contributed by atoms with Crippen LogP contribution in [0, 0.1) is 6.92 Å². The summed E-state index contributed by atoms with van der Waals surface area (Å²) in [6, 6.07) is 4.85. The zero-order valence-electron chi connectivity index (χ0n) is 9.66. The minimum Gasteiger partial charge on any atom is -0.391 e. The van der Waals surface area contributed by atoms with Crippen molar-refractivity contribution in [3.63, 3.8) is 0 Å². The molecule has 0 aliphatic rings. The fraction of sp³-hybridized carbons (Fsp3) is 0.364. The van der Waals surface area contributed by atoms with E-state index in [2.05, 4.69) is 15.1 Å². The minimum absolute atomic E-state index is 0.207. The van der Waals surface area contributed by atoms with Crippen LogP contribution in [0.4, 0.5) is 0 Å². The van der Waals surface area contributed by atoms with Crippen molar-refractivity contribution in [1.82, 2.24) is 15.1 Å². The maximum Gasteiger partial charge on any atom is 0.246 e. The zero-order chi connectivity index (χ0) is 12.4. The number of pyridine rings is 1. The Bertz CT molecular complexity index is 510. The Balaban J connectivity index is 2.30. The van der Waals surface area contributed by atoms with E-state index in [9.17, 15) is 5.11 Å². The van der Waals surface area contributed by atoms with E-state index in [0.29, 0.717) is 11.5 Å². The molecule has 0 spiro atoms. The number of rotatable bonds is 3. The number of aliphatic hydroxyl groups is 1. The maximum absolute atomic E-state index is 9.33. The van der Waals surface area contributed by atoms with E-state index >= 15 is 0 Å². The molecule has 2 atom stereocenters. The Kier molecular flexibility index (Phi) is 3.16. The number of aliphatic hydroxyl groups excluding tert-OH is 1. The SMILES string of the molecule is Cc1cccc(-c2noc([C@@H](N)[C@@H](C)O)n2)n1. The van der Waals surface area contributed by atoms with Gasteiger partial charge in [-0.1, -0.05) is 11.2 Å². The number of nitrogens with zero attached hydrogens (tertiary/aromatic N) is 3. The molecule has 2 heterocycles. The van der Waals surface area contributed by atoms with E-state index in [0.717, 1.165) is 5.69 Å². The Morgan fingerprint density at radius 2 is 2.12 bits per heavy atom. The molecule has 0 fully saturated rings. The standard InChI is InChI=1S/C11H14N4O2/c1-6-4-3-5-8(13-6)10-14-11(17-15-10)9(12)7(2)16/h3-5,7,9,16H,12H2,1-2H3/t7-,9+/m1/s1. The topological polar surface area (TPSA) is 98.1 Å². The predicted molar refractivity (Wildman–Crippen MR) is 60.9 cm³/mol. The van der Waals surface area contributed by atoms with Gasteiger partial charge in [0.1, 0.15) is 11.7 Å². The molecule has 0 aromatic carbocycles. The summed E-state index contributed by atoms with van der Waals surface area (Å²) >= 11 is 0. The molecule has 2 aromatic heterocycles. The van der Waals surface area contributed by atoms with E-state index < -0.39 is 12.1 Å². The van der Waals surface area contributed by atoms with E-state index in [4.69, 9.17) is 10.3 Å². The number of aryl methyl sites for hydroxylation is 1. The van der Waals surface area contributed by atoms with Crippen molar-refractivity contribution in [3.8, 4) is 11.5 Å². The quantitative estimate of drug-likeness (QED) is 0.815. The van der Waals surface area contributed by atoms with Gasteiger partial charge < -0.3 is 15.4 Å². The Hall–Kier alpha value is -1.79. The smallest absolute Gasteiger partial charge is 0.246 e. The highest BCUT2D eigenvalue weighted by Gasteiger charge is 2.20. The fourth-order valence-electron chi connectivity index (χ4n) is 1.35. The molecule has 2 rings (SSSR count). The van der Waals surface area contributed by atoms with Crippen molar-refractivity contribution in [2.24, 2.45) is 5.73 Å². The first kappa shape index (κ1) is 11.7.